The fraction of sp³-hybridized carbons (Fsp3) is 0.538. The second-order valence-corrected chi connectivity index (χ2v) is 5.05. The van der Waals surface area contributed by atoms with Crippen molar-refractivity contribution in [2.24, 2.45) is 0 Å². The summed E-state index contributed by atoms with van der Waals surface area (Å²) in [6.45, 7) is 9.86. The van der Waals surface area contributed by atoms with E-state index in [-0.39, 0.29) is 0 Å². The maximum atomic E-state index is 5.97. The fourth-order valence-electron chi connectivity index (χ4n) is 1.62. The topological polar surface area (TPSA) is 29.3 Å². The number of nitrogens with zero attached hydrogens (tertiary/aromatic N) is 1. The van der Waals surface area contributed by atoms with Crippen LogP contribution in [-0.4, -0.2) is 30.3 Å². The highest BCUT2D eigenvalue weighted by atomic mass is 32.2. The molecule has 0 radical (unpaired) electrons. The van der Waals surface area contributed by atoms with E-state index in [0.29, 0.717) is 0 Å². The van der Waals surface area contributed by atoms with E-state index in [1.165, 1.54) is 10.5 Å². The SMILES string of the molecule is CCN(CC)CCSc1ccc(C)cc1N. The summed E-state index contributed by atoms with van der Waals surface area (Å²) in [5.74, 6) is 1.11. The average molecular weight is 238 g/mol. The molecule has 0 saturated carbocycles. The van der Waals surface area contributed by atoms with E-state index >= 15 is 0 Å². The smallest absolute Gasteiger partial charge is 0.0454 e. The van der Waals surface area contributed by atoms with Crippen molar-refractivity contribution in [3.63, 3.8) is 0 Å². The minimum Gasteiger partial charge on any atom is -0.398 e. The molecule has 0 atom stereocenters. The zero-order valence-corrected chi connectivity index (χ0v) is 11.3. The van der Waals surface area contributed by atoms with Gasteiger partial charge in [-0.25, -0.2) is 0 Å². The molecule has 0 aliphatic carbocycles. The third-order valence-electron chi connectivity index (χ3n) is 2.72. The van der Waals surface area contributed by atoms with Crippen LogP contribution in [-0.2, 0) is 0 Å². The molecule has 0 heterocycles. The molecule has 2 N–H and O–H groups in total. The molecular formula is C13H22N2S. The quantitative estimate of drug-likeness (QED) is 0.610. The van der Waals surface area contributed by atoms with Crippen LogP contribution < -0.4 is 5.73 Å². The van der Waals surface area contributed by atoms with Crippen molar-refractivity contribution in [2.45, 2.75) is 25.7 Å². The predicted octanol–water partition coefficient (Wildman–Crippen LogP) is 3.01. The van der Waals surface area contributed by atoms with Gasteiger partial charge in [0.05, 0.1) is 0 Å². The van der Waals surface area contributed by atoms with Crippen LogP contribution in [0.2, 0.25) is 0 Å². The summed E-state index contributed by atoms with van der Waals surface area (Å²) in [6.07, 6.45) is 0. The highest BCUT2D eigenvalue weighted by Gasteiger charge is 2.02. The van der Waals surface area contributed by atoms with E-state index < -0.39 is 0 Å². The Morgan fingerprint density at radius 3 is 2.50 bits per heavy atom. The van der Waals surface area contributed by atoms with E-state index in [1.54, 1.807) is 0 Å². The summed E-state index contributed by atoms with van der Waals surface area (Å²) in [5.41, 5.74) is 8.10. The van der Waals surface area contributed by atoms with Gasteiger partial charge in [-0.3, -0.25) is 0 Å². The number of thioether (sulfide) groups is 1. The highest BCUT2D eigenvalue weighted by Crippen LogP contribution is 2.25. The zero-order valence-electron chi connectivity index (χ0n) is 10.5. The molecule has 1 aromatic carbocycles. The third kappa shape index (κ3) is 4.06. The molecule has 90 valence electrons. The first kappa shape index (κ1) is 13.4. The molecule has 1 aromatic rings. The summed E-state index contributed by atoms with van der Waals surface area (Å²) in [5, 5.41) is 0. The normalized spacial score (nSPS) is 11.0. The van der Waals surface area contributed by atoms with E-state index in [9.17, 15) is 0 Å². The van der Waals surface area contributed by atoms with Crippen molar-refractivity contribution in [1.82, 2.24) is 4.90 Å². The van der Waals surface area contributed by atoms with Crippen LogP contribution in [0.3, 0.4) is 0 Å². The Balaban J connectivity index is 2.42. The van der Waals surface area contributed by atoms with Gasteiger partial charge in [-0.15, -0.1) is 11.8 Å². The van der Waals surface area contributed by atoms with Crippen LogP contribution in [0.4, 0.5) is 5.69 Å². The van der Waals surface area contributed by atoms with Crippen molar-refractivity contribution in [3.05, 3.63) is 23.8 Å². The summed E-state index contributed by atoms with van der Waals surface area (Å²) in [7, 11) is 0. The summed E-state index contributed by atoms with van der Waals surface area (Å²) >= 11 is 1.85. The molecule has 0 aliphatic rings. The molecule has 16 heavy (non-hydrogen) atoms. The van der Waals surface area contributed by atoms with Crippen molar-refractivity contribution in [3.8, 4) is 0 Å². The number of nitrogen functional groups attached to an aromatic ring is 1. The van der Waals surface area contributed by atoms with E-state index in [2.05, 4.69) is 37.8 Å². The lowest BCUT2D eigenvalue weighted by Gasteiger charge is -2.17. The molecule has 0 bridgehead atoms. The van der Waals surface area contributed by atoms with Crippen LogP contribution in [0.5, 0.6) is 0 Å². The first-order chi connectivity index (χ1) is 7.67. The molecule has 1 rings (SSSR count). The average Bonchev–Trinajstić information content (AvgIpc) is 2.27. The maximum Gasteiger partial charge on any atom is 0.0454 e. The molecule has 0 aromatic heterocycles. The van der Waals surface area contributed by atoms with Gasteiger partial charge in [0.15, 0.2) is 0 Å². The molecule has 0 unspecified atom stereocenters. The second kappa shape index (κ2) is 6.81. The first-order valence-electron chi connectivity index (χ1n) is 5.88. The number of hydrogen-bond acceptors (Lipinski definition) is 3. The van der Waals surface area contributed by atoms with E-state index in [4.69, 9.17) is 5.73 Å². The zero-order chi connectivity index (χ0) is 12.0. The Bertz CT molecular complexity index is 322. The standard InChI is InChI=1S/C13H22N2S/c1-4-15(5-2)8-9-16-13-7-6-11(3)10-12(13)14/h6-7,10H,4-5,8-9,14H2,1-3H3. The number of anilines is 1. The number of rotatable bonds is 6. The van der Waals surface area contributed by atoms with Gasteiger partial charge in [-0.1, -0.05) is 19.9 Å². The van der Waals surface area contributed by atoms with Crippen LogP contribution in [0.25, 0.3) is 0 Å². The Morgan fingerprint density at radius 2 is 1.94 bits per heavy atom. The fourth-order valence-corrected chi connectivity index (χ4v) is 2.58. The van der Waals surface area contributed by atoms with Gasteiger partial charge in [-0.2, -0.15) is 0 Å². The second-order valence-electron chi connectivity index (χ2n) is 3.92. The predicted molar refractivity (Wildman–Crippen MR) is 74.1 cm³/mol. The van der Waals surface area contributed by atoms with Crippen LogP contribution >= 0.6 is 11.8 Å². The van der Waals surface area contributed by atoms with E-state index in [1.807, 2.05) is 17.8 Å². The molecule has 0 spiro atoms. The van der Waals surface area contributed by atoms with Crippen LogP contribution in [0.1, 0.15) is 19.4 Å². The molecule has 0 amide bonds. The largest absolute Gasteiger partial charge is 0.398 e. The third-order valence-corrected chi connectivity index (χ3v) is 3.79. The Labute approximate surface area is 103 Å². The van der Waals surface area contributed by atoms with Crippen molar-refractivity contribution < 1.29 is 0 Å². The first-order valence-corrected chi connectivity index (χ1v) is 6.87. The minimum absolute atomic E-state index is 0.907. The van der Waals surface area contributed by atoms with Gasteiger partial charge in [0.25, 0.3) is 0 Å². The number of nitrogens with two attached hydrogens (primary N) is 1. The van der Waals surface area contributed by atoms with Crippen LogP contribution in [0.15, 0.2) is 23.1 Å². The Hall–Kier alpha value is -0.670. The Morgan fingerprint density at radius 1 is 1.25 bits per heavy atom. The van der Waals surface area contributed by atoms with Crippen molar-refractivity contribution in [2.75, 3.05) is 31.1 Å². The van der Waals surface area contributed by atoms with Gasteiger partial charge in [0.2, 0.25) is 0 Å². The lowest BCUT2D eigenvalue weighted by atomic mass is 10.2. The van der Waals surface area contributed by atoms with Gasteiger partial charge in [0.1, 0.15) is 0 Å². The van der Waals surface area contributed by atoms with E-state index in [0.717, 1.165) is 31.1 Å². The van der Waals surface area contributed by atoms with Crippen molar-refractivity contribution in [1.29, 1.82) is 0 Å². The lowest BCUT2D eigenvalue weighted by molar-refractivity contribution is 0.324. The molecule has 0 saturated heterocycles. The molecule has 3 heteroatoms. The van der Waals surface area contributed by atoms with Gasteiger partial charge in [-0.05, 0) is 37.7 Å². The lowest BCUT2D eigenvalue weighted by Crippen LogP contribution is -2.25. The molecule has 2 nitrogen and oxygen atoms in total. The number of benzene rings is 1. The summed E-state index contributed by atoms with van der Waals surface area (Å²) in [4.78, 5) is 3.63. The van der Waals surface area contributed by atoms with Gasteiger partial charge >= 0.3 is 0 Å². The molecule has 0 fully saturated rings. The monoisotopic (exact) mass is 238 g/mol. The Kier molecular flexibility index (Phi) is 5.71. The van der Waals surface area contributed by atoms with Crippen LogP contribution in [0, 0.1) is 6.92 Å². The number of hydrogen-bond donors (Lipinski definition) is 1. The van der Waals surface area contributed by atoms with Gasteiger partial charge in [0, 0.05) is 22.9 Å². The minimum atomic E-state index is 0.907. The maximum absolute atomic E-state index is 5.97. The molecule has 0 aliphatic heterocycles. The van der Waals surface area contributed by atoms with Crippen molar-refractivity contribution >= 4 is 17.4 Å². The molecular weight excluding hydrogens is 216 g/mol. The highest BCUT2D eigenvalue weighted by molar-refractivity contribution is 7.99. The van der Waals surface area contributed by atoms with Gasteiger partial charge < -0.3 is 10.6 Å². The summed E-state index contributed by atoms with van der Waals surface area (Å²) in [6, 6.07) is 6.29. The summed E-state index contributed by atoms with van der Waals surface area (Å²) < 4.78 is 0. The number of aryl methyl sites for hydroxylation is 1.